The van der Waals surface area contributed by atoms with E-state index in [1.165, 1.54) is 12.8 Å². The molecule has 1 atom stereocenters. The predicted octanol–water partition coefficient (Wildman–Crippen LogP) is 2.68. The molecule has 1 saturated heterocycles. The lowest BCUT2D eigenvalue weighted by Gasteiger charge is -2.29. The number of pyridine rings is 1. The highest BCUT2D eigenvalue weighted by molar-refractivity contribution is 5.98. The maximum absolute atomic E-state index is 6.03. The highest BCUT2D eigenvalue weighted by Gasteiger charge is 2.17. The maximum Gasteiger partial charge on any atom is 0.0955 e. The van der Waals surface area contributed by atoms with Gasteiger partial charge < -0.3 is 15.4 Å². The van der Waals surface area contributed by atoms with Gasteiger partial charge in [0.2, 0.25) is 0 Å². The van der Waals surface area contributed by atoms with Crippen LogP contribution in [0.4, 0.5) is 11.4 Å². The van der Waals surface area contributed by atoms with Crippen LogP contribution < -0.4 is 10.6 Å². The average molecular weight is 271 g/mol. The zero-order chi connectivity index (χ0) is 13.9. The molecule has 3 rings (SSSR count). The van der Waals surface area contributed by atoms with E-state index in [0.29, 0.717) is 5.92 Å². The number of ether oxygens (including phenoxy) is 1. The molecule has 0 spiro atoms. The van der Waals surface area contributed by atoms with Crippen LogP contribution in [0.3, 0.4) is 0 Å². The van der Waals surface area contributed by atoms with E-state index in [2.05, 4.69) is 23.0 Å². The quantitative estimate of drug-likeness (QED) is 0.872. The first kappa shape index (κ1) is 13.2. The number of rotatable bonds is 3. The van der Waals surface area contributed by atoms with Crippen LogP contribution in [0.25, 0.3) is 10.9 Å². The Kier molecular flexibility index (Phi) is 3.74. The molecule has 2 heterocycles. The van der Waals surface area contributed by atoms with Gasteiger partial charge in [-0.15, -0.1) is 0 Å². The van der Waals surface area contributed by atoms with Crippen LogP contribution in [0.5, 0.6) is 0 Å². The Morgan fingerprint density at radius 2 is 2.30 bits per heavy atom. The number of benzene rings is 1. The summed E-state index contributed by atoms with van der Waals surface area (Å²) in [5, 5.41) is 1.02. The van der Waals surface area contributed by atoms with Crippen LogP contribution in [-0.4, -0.2) is 31.8 Å². The third kappa shape index (κ3) is 2.56. The van der Waals surface area contributed by atoms with Crippen molar-refractivity contribution in [3.63, 3.8) is 0 Å². The monoisotopic (exact) mass is 271 g/mol. The van der Waals surface area contributed by atoms with Gasteiger partial charge in [0.15, 0.2) is 0 Å². The van der Waals surface area contributed by atoms with E-state index in [-0.39, 0.29) is 0 Å². The van der Waals surface area contributed by atoms with Crippen LogP contribution in [-0.2, 0) is 4.74 Å². The van der Waals surface area contributed by atoms with Gasteiger partial charge in [0.25, 0.3) is 0 Å². The third-order valence-electron chi connectivity index (χ3n) is 3.98. The summed E-state index contributed by atoms with van der Waals surface area (Å²) in [4.78, 5) is 6.78. The predicted molar refractivity (Wildman–Crippen MR) is 83.0 cm³/mol. The molecule has 1 aliphatic rings. The normalized spacial score (nSPS) is 19.1. The molecular formula is C16H21N3O. The second-order valence-electron chi connectivity index (χ2n) is 5.54. The number of fused-ring (bicyclic) bond motifs is 1. The number of nitrogens with two attached hydrogens (primary N) is 1. The Morgan fingerprint density at radius 3 is 3.10 bits per heavy atom. The number of anilines is 2. The summed E-state index contributed by atoms with van der Waals surface area (Å²) in [6.07, 6.45) is 4.23. The van der Waals surface area contributed by atoms with Crippen LogP contribution in [0.1, 0.15) is 12.8 Å². The molecule has 1 unspecified atom stereocenters. The number of hydrogen-bond acceptors (Lipinski definition) is 4. The van der Waals surface area contributed by atoms with Crippen LogP contribution in [0.15, 0.2) is 30.5 Å². The van der Waals surface area contributed by atoms with Crippen molar-refractivity contribution in [1.82, 2.24) is 4.98 Å². The zero-order valence-corrected chi connectivity index (χ0v) is 11.9. The summed E-state index contributed by atoms with van der Waals surface area (Å²) in [5.74, 6) is 0.602. The zero-order valence-electron chi connectivity index (χ0n) is 11.9. The molecule has 1 aromatic carbocycles. The number of nitrogen functional groups attached to an aromatic ring is 1. The molecule has 0 bridgehead atoms. The van der Waals surface area contributed by atoms with Gasteiger partial charge in [-0.2, -0.15) is 0 Å². The van der Waals surface area contributed by atoms with Gasteiger partial charge >= 0.3 is 0 Å². The molecule has 4 nitrogen and oxygen atoms in total. The SMILES string of the molecule is CN(CC1CCCOC1)c1ccc(N)c2cccnc12. The summed E-state index contributed by atoms with van der Waals surface area (Å²) in [6.45, 7) is 2.77. The molecule has 0 radical (unpaired) electrons. The van der Waals surface area contributed by atoms with Gasteiger partial charge in [0.05, 0.1) is 17.8 Å². The fraction of sp³-hybridized carbons (Fsp3) is 0.438. The van der Waals surface area contributed by atoms with E-state index in [0.717, 1.165) is 42.0 Å². The molecule has 4 heteroatoms. The molecule has 2 aromatic rings. The van der Waals surface area contributed by atoms with Gasteiger partial charge in [-0.05, 0) is 43.0 Å². The number of aromatic nitrogens is 1. The molecule has 106 valence electrons. The van der Waals surface area contributed by atoms with Crippen molar-refractivity contribution in [3.05, 3.63) is 30.5 Å². The number of nitrogens with zero attached hydrogens (tertiary/aromatic N) is 2. The smallest absolute Gasteiger partial charge is 0.0955 e. The maximum atomic E-state index is 6.03. The van der Waals surface area contributed by atoms with Gasteiger partial charge in [-0.1, -0.05) is 0 Å². The summed E-state index contributed by atoms with van der Waals surface area (Å²) in [6, 6.07) is 7.98. The molecule has 1 fully saturated rings. The molecule has 0 aliphatic carbocycles. The lowest BCUT2D eigenvalue weighted by Crippen LogP contribution is -2.31. The Balaban J connectivity index is 1.87. The molecule has 20 heavy (non-hydrogen) atoms. The van der Waals surface area contributed by atoms with Crippen molar-refractivity contribution in [3.8, 4) is 0 Å². The Bertz CT molecular complexity index is 593. The second kappa shape index (κ2) is 5.67. The molecule has 0 amide bonds. The van der Waals surface area contributed by atoms with Crippen molar-refractivity contribution in [1.29, 1.82) is 0 Å². The minimum absolute atomic E-state index is 0.602. The third-order valence-corrected chi connectivity index (χ3v) is 3.98. The van der Waals surface area contributed by atoms with Crippen LogP contribution >= 0.6 is 0 Å². The standard InChI is InChI=1S/C16H21N3O/c1-19(10-12-4-3-9-20-11-12)15-7-6-14(17)13-5-2-8-18-16(13)15/h2,5-8,12H,3-4,9-11,17H2,1H3. The summed E-state index contributed by atoms with van der Waals surface area (Å²) >= 11 is 0. The van der Waals surface area contributed by atoms with Gasteiger partial charge in [0, 0.05) is 37.5 Å². The Hall–Kier alpha value is -1.81. The number of hydrogen-bond donors (Lipinski definition) is 1. The average Bonchev–Trinajstić information content (AvgIpc) is 2.49. The van der Waals surface area contributed by atoms with E-state index in [4.69, 9.17) is 10.5 Å². The molecule has 0 saturated carbocycles. The van der Waals surface area contributed by atoms with Gasteiger partial charge in [-0.3, -0.25) is 4.98 Å². The Morgan fingerprint density at radius 1 is 1.40 bits per heavy atom. The van der Waals surface area contributed by atoms with E-state index in [9.17, 15) is 0 Å². The first-order valence-corrected chi connectivity index (χ1v) is 7.18. The topological polar surface area (TPSA) is 51.4 Å². The second-order valence-corrected chi connectivity index (χ2v) is 5.54. The fourth-order valence-electron chi connectivity index (χ4n) is 2.92. The summed E-state index contributed by atoms with van der Waals surface area (Å²) < 4.78 is 5.56. The molecule has 2 N–H and O–H groups in total. The lowest BCUT2D eigenvalue weighted by atomic mass is 10.0. The van der Waals surface area contributed by atoms with Crippen molar-refractivity contribution in [2.24, 2.45) is 5.92 Å². The van der Waals surface area contributed by atoms with E-state index >= 15 is 0 Å². The van der Waals surface area contributed by atoms with Crippen LogP contribution in [0.2, 0.25) is 0 Å². The van der Waals surface area contributed by atoms with E-state index in [1.807, 2.05) is 24.4 Å². The van der Waals surface area contributed by atoms with Crippen molar-refractivity contribution < 1.29 is 4.74 Å². The first-order valence-electron chi connectivity index (χ1n) is 7.18. The van der Waals surface area contributed by atoms with Crippen molar-refractivity contribution >= 4 is 22.3 Å². The lowest BCUT2D eigenvalue weighted by molar-refractivity contribution is 0.0576. The molecule has 1 aromatic heterocycles. The minimum atomic E-state index is 0.602. The van der Waals surface area contributed by atoms with Gasteiger partial charge in [0.1, 0.15) is 0 Å². The molecule has 1 aliphatic heterocycles. The largest absolute Gasteiger partial charge is 0.398 e. The van der Waals surface area contributed by atoms with Gasteiger partial charge in [-0.25, -0.2) is 0 Å². The minimum Gasteiger partial charge on any atom is -0.398 e. The summed E-state index contributed by atoms with van der Waals surface area (Å²) in [5.41, 5.74) is 8.93. The van der Waals surface area contributed by atoms with Crippen molar-refractivity contribution in [2.45, 2.75) is 12.8 Å². The van der Waals surface area contributed by atoms with Crippen LogP contribution in [0, 0.1) is 5.92 Å². The highest BCUT2D eigenvalue weighted by Crippen LogP contribution is 2.29. The van der Waals surface area contributed by atoms with E-state index < -0.39 is 0 Å². The summed E-state index contributed by atoms with van der Waals surface area (Å²) in [7, 11) is 2.12. The first-order chi connectivity index (χ1) is 9.75. The fourth-order valence-corrected chi connectivity index (χ4v) is 2.92. The van der Waals surface area contributed by atoms with Crippen molar-refractivity contribution in [2.75, 3.05) is 37.4 Å². The Labute approximate surface area is 119 Å². The highest BCUT2D eigenvalue weighted by atomic mass is 16.5. The molecular weight excluding hydrogens is 250 g/mol. The van der Waals surface area contributed by atoms with E-state index in [1.54, 1.807) is 0 Å².